The number of allylic oxidation sites excluding steroid dienone is 2. The third kappa shape index (κ3) is 5.15. The van der Waals surface area contributed by atoms with Crippen LogP contribution in [-0.4, -0.2) is 33.9 Å². The summed E-state index contributed by atoms with van der Waals surface area (Å²) in [5, 5.41) is 8.87. The Morgan fingerprint density at radius 3 is 2.62 bits per heavy atom. The maximum Gasteiger partial charge on any atom is 0.321 e. The minimum Gasteiger partial charge on any atom is -0.480 e. The van der Waals surface area contributed by atoms with Crippen molar-refractivity contribution in [3.05, 3.63) is 12.2 Å². The summed E-state index contributed by atoms with van der Waals surface area (Å²) in [5.41, 5.74) is 5.48. The SMILES string of the molecule is CC(CC(=O)C1C(C)C=CCC1(C)C)SC[C@H](N)C(=O)O. The quantitative estimate of drug-likeness (QED) is 0.706. The van der Waals surface area contributed by atoms with Gasteiger partial charge in [0.25, 0.3) is 0 Å². The monoisotopic (exact) mass is 313 g/mol. The van der Waals surface area contributed by atoms with Crippen LogP contribution < -0.4 is 5.73 Å². The Labute approximate surface area is 131 Å². The molecule has 0 aliphatic heterocycles. The summed E-state index contributed by atoms with van der Waals surface area (Å²) in [5.74, 6) is -0.0693. The van der Waals surface area contributed by atoms with E-state index in [1.807, 2.05) is 6.92 Å². The summed E-state index contributed by atoms with van der Waals surface area (Å²) in [6.45, 7) is 8.35. The molecule has 4 nitrogen and oxygen atoms in total. The second-order valence-corrected chi connectivity index (χ2v) is 8.19. The molecular formula is C16H27NO3S. The number of Topliss-reactive ketones (excluding diaryl/α,β-unsaturated/α-hetero) is 1. The number of thioether (sulfide) groups is 1. The highest BCUT2D eigenvalue weighted by atomic mass is 32.2. The summed E-state index contributed by atoms with van der Waals surface area (Å²) >= 11 is 1.46. The molecule has 0 amide bonds. The average molecular weight is 313 g/mol. The number of hydrogen-bond acceptors (Lipinski definition) is 4. The first-order valence-corrected chi connectivity index (χ1v) is 8.49. The van der Waals surface area contributed by atoms with Crippen molar-refractivity contribution in [2.45, 2.75) is 51.8 Å². The van der Waals surface area contributed by atoms with Gasteiger partial charge in [-0.25, -0.2) is 0 Å². The minimum atomic E-state index is -0.992. The maximum absolute atomic E-state index is 12.6. The fourth-order valence-corrected chi connectivity index (χ4v) is 4.03. The number of aliphatic carboxylic acids is 1. The minimum absolute atomic E-state index is 0.00684. The smallest absolute Gasteiger partial charge is 0.321 e. The molecule has 21 heavy (non-hydrogen) atoms. The largest absolute Gasteiger partial charge is 0.480 e. The van der Waals surface area contributed by atoms with Crippen molar-refractivity contribution in [3.63, 3.8) is 0 Å². The van der Waals surface area contributed by atoms with Gasteiger partial charge in [0.1, 0.15) is 11.8 Å². The van der Waals surface area contributed by atoms with E-state index in [-0.39, 0.29) is 28.3 Å². The fraction of sp³-hybridized carbons (Fsp3) is 0.750. The Hall–Kier alpha value is -0.810. The molecule has 0 spiro atoms. The van der Waals surface area contributed by atoms with Gasteiger partial charge in [0.05, 0.1) is 0 Å². The van der Waals surface area contributed by atoms with Crippen molar-refractivity contribution < 1.29 is 14.7 Å². The average Bonchev–Trinajstić information content (AvgIpc) is 2.34. The number of rotatable bonds is 7. The van der Waals surface area contributed by atoms with E-state index in [1.54, 1.807) is 0 Å². The molecule has 3 N–H and O–H groups in total. The number of nitrogens with two attached hydrogens (primary N) is 1. The molecule has 0 aromatic heterocycles. The molecule has 3 unspecified atom stereocenters. The molecular weight excluding hydrogens is 286 g/mol. The van der Waals surface area contributed by atoms with E-state index in [4.69, 9.17) is 10.8 Å². The van der Waals surface area contributed by atoms with Crippen molar-refractivity contribution in [2.75, 3.05) is 5.75 Å². The van der Waals surface area contributed by atoms with Crippen molar-refractivity contribution in [1.82, 2.24) is 0 Å². The zero-order valence-electron chi connectivity index (χ0n) is 13.3. The lowest BCUT2D eigenvalue weighted by atomic mass is 9.65. The number of carboxylic acid groups (broad SMARTS) is 1. The van der Waals surface area contributed by atoms with Gasteiger partial charge in [-0.15, -0.1) is 0 Å². The highest BCUT2D eigenvalue weighted by molar-refractivity contribution is 7.99. The Morgan fingerprint density at radius 2 is 2.10 bits per heavy atom. The lowest BCUT2D eigenvalue weighted by Crippen LogP contribution is -2.38. The zero-order chi connectivity index (χ0) is 16.2. The molecule has 4 atom stereocenters. The Balaban J connectivity index is 2.55. The highest BCUT2D eigenvalue weighted by Gasteiger charge is 2.39. The van der Waals surface area contributed by atoms with E-state index in [0.717, 1.165) is 6.42 Å². The summed E-state index contributed by atoms with van der Waals surface area (Å²) in [7, 11) is 0. The van der Waals surface area contributed by atoms with Gasteiger partial charge in [-0.05, 0) is 17.8 Å². The lowest BCUT2D eigenvalue weighted by molar-refractivity contribution is -0.137. The van der Waals surface area contributed by atoms with E-state index >= 15 is 0 Å². The van der Waals surface area contributed by atoms with Crippen LogP contribution in [-0.2, 0) is 9.59 Å². The van der Waals surface area contributed by atoms with Crippen LogP contribution in [0.2, 0.25) is 0 Å². The van der Waals surface area contributed by atoms with Gasteiger partial charge in [-0.1, -0.05) is 39.8 Å². The van der Waals surface area contributed by atoms with Crippen LogP contribution in [0.5, 0.6) is 0 Å². The van der Waals surface area contributed by atoms with Gasteiger partial charge < -0.3 is 10.8 Å². The molecule has 0 aromatic carbocycles. The summed E-state index contributed by atoms with van der Waals surface area (Å²) in [6.07, 6.45) is 5.70. The summed E-state index contributed by atoms with van der Waals surface area (Å²) in [4.78, 5) is 23.3. The first kappa shape index (κ1) is 18.2. The highest BCUT2D eigenvalue weighted by Crippen LogP contribution is 2.42. The molecule has 0 saturated carbocycles. The fourth-order valence-electron chi connectivity index (χ4n) is 3.07. The van der Waals surface area contributed by atoms with E-state index in [9.17, 15) is 9.59 Å². The molecule has 120 valence electrons. The van der Waals surface area contributed by atoms with Crippen LogP contribution in [0.25, 0.3) is 0 Å². The van der Waals surface area contributed by atoms with Crippen molar-refractivity contribution in [2.24, 2.45) is 23.0 Å². The Kier molecular flexibility index (Phi) is 6.47. The standard InChI is InChI=1S/C16H27NO3S/c1-10-6-5-7-16(3,4)14(10)13(18)8-11(2)21-9-12(17)15(19)20/h5-6,10-12,14H,7-9,17H2,1-4H3,(H,19,20)/t10?,11?,12-,14?/m0/s1. The summed E-state index contributed by atoms with van der Waals surface area (Å²) < 4.78 is 0. The van der Waals surface area contributed by atoms with Crippen LogP contribution in [0, 0.1) is 17.3 Å². The molecule has 0 saturated heterocycles. The van der Waals surface area contributed by atoms with E-state index < -0.39 is 12.0 Å². The van der Waals surface area contributed by atoms with Crippen LogP contribution in [0.3, 0.4) is 0 Å². The van der Waals surface area contributed by atoms with Crippen LogP contribution in [0.4, 0.5) is 0 Å². The maximum atomic E-state index is 12.6. The summed E-state index contributed by atoms with van der Waals surface area (Å²) in [6, 6.07) is -0.861. The van der Waals surface area contributed by atoms with E-state index in [2.05, 4.69) is 32.9 Å². The molecule has 1 rings (SSSR count). The molecule has 5 heteroatoms. The first-order chi connectivity index (χ1) is 9.65. The van der Waals surface area contributed by atoms with Crippen LogP contribution >= 0.6 is 11.8 Å². The number of ketones is 1. The predicted octanol–water partition coefficient (Wildman–Crippen LogP) is 2.72. The number of hydrogen-bond donors (Lipinski definition) is 2. The lowest BCUT2D eigenvalue weighted by Gasteiger charge is -2.39. The number of carbonyl (C=O) groups is 2. The van der Waals surface area contributed by atoms with Crippen LogP contribution in [0.1, 0.15) is 40.5 Å². The van der Waals surface area contributed by atoms with Crippen molar-refractivity contribution >= 4 is 23.5 Å². The van der Waals surface area contributed by atoms with Gasteiger partial charge in [-0.2, -0.15) is 11.8 Å². The third-order valence-corrected chi connectivity index (χ3v) is 5.45. The van der Waals surface area contributed by atoms with Gasteiger partial charge in [-0.3, -0.25) is 9.59 Å². The molecule has 0 aromatic rings. The Morgan fingerprint density at radius 1 is 1.48 bits per heavy atom. The molecule has 0 radical (unpaired) electrons. The van der Waals surface area contributed by atoms with E-state index in [1.165, 1.54) is 11.8 Å². The third-order valence-electron chi connectivity index (χ3n) is 4.16. The topological polar surface area (TPSA) is 80.4 Å². The van der Waals surface area contributed by atoms with Gasteiger partial charge >= 0.3 is 5.97 Å². The molecule has 1 aliphatic rings. The number of carboxylic acids is 1. The van der Waals surface area contributed by atoms with E-state index in [0.29, 0.717) is 12.2 Å². The Bertz CT molecular complexity index is 420. The van der Waals surface area contributed by atoms with Gasteiger partial charge in [0, 0.05) is 23.3 Å². The predicted molar refractivity (Wildman–Crippen MR) is 87.3 cm³/mol. The molecule has 0 bridgehead atoms. The molecule has 0 heterocycles. The molecule has 0 fully saturated rings. The van der Waals surface area contributed by atoms with Gasteiger partial charge in [0.2, 0.25) is 0 Å². The van der Waals surface area contributed by atoms with Crippen LogP contribution in [0.15, 0.2) is 12.2 Å². The van der Waals surface area contributed by atoms with Crippen molar-refractivity contribution in [1.29, 1.82) is 0 Å². The second kappa shape index (κ2) is 7.45. The number of carbonyl (C=O) groups excluding carboxylic acids is 1. The second-order valence-electron chi connectivity index (χ2n) is 6.72. The van der Waals surface area contributed by atoms with Gasteiger partial charge in [0.15, 0.2) is 0 Å². The molecule has 1 aliphatic carbocycles. The first-order valence-electron chi connectivity index (χ1n) is 7.44. The zero-order valence-corrected chi connectivity index (χ0v) is 14.2. The normalized spacial score (nSPS) is 27.1. The van der Waals surface area contributed by atoms with Crippen molar-refractivity contribution in [3.8, 4) is 0 Å².